The van der Waals surface area contributed by atoms with Gasteiger partial charge in [-0.3, -0.25) is 0 Å². The summed E-state index contributed by atoms with van der Waals surface area (Å²) >= 11 is 0. The number of aryl methyl sites for hydroxylation is 3. The molecule has 14 rings (SSSR count). The van der Waals surface area contributed by atoms with Crippen molar-refractivity contribution in [3.05, 3.63) is 265 Å². The highest BCUT2D eigenvalue weighted by atomic mass is 15.0. The number of benzene rings is 11. The average molecular weight is 1230 g/mol. The van der Waals surface area contributed by atoms with E-state index in [1.165, 1.54) is 157 Å². The van der Waals surface area contributed by atoms with Crippen LogP contribution in [0.3, 0.4) is 0 Å². The minimum absolute atomic E-state index is 0. The molecule has 3 heterocycles. The molecule has 11 aromatic carbocycles. The van der Waals surface area contributed by atoms with Gasteiger partial charge in [-0.05, 0) is 173 Å². The van der Waals surface area contributed by atoms with E-state index in [2.05, 4.69) is 325 Å². The first-order valence-corrected chi connectivity index (χ1v) is 32.2. The van der Waals surface area contributed by atoms with Crippen LogP contribution in [-0.2, 0) is 19.6 Å². The topological polar surface area (TPSA) is 14.8 Å². The van der Waals surface area contributed by atoms with E-state index in [0.717, 1.165) is 19.6 Å². The summed E-state index contributed by atoms with van der Waals surface area (Å²) in [6.07, 6.45) is 3.52. The molecule has 0 aliphatic rings. The van der Waals surface area contributed by atoms with Gasteiger partial charge in [0.2, 0.25) is 0 Å². The molecule has 3 unspecified atom stereocenters. The molecule has 93 heavy (non-hydrogen) atoms. The highest BCUT2D eigenvalue weighted by Gasteiger charge is 2.18. The van der Waals surface area contributed by atoms with E-state index in [0.29, 0.717) is 17.8 Å². The van der Waals surface area contributed by atoms with Crippen LogP contribution >= 0.6 is 0 Å². The van der Waals surface area contributed by atoms with Crippen molar-refractivity contribution < 1.29 is 0 Å². The van der Waals surface area contributed by atoms with Crippen LogP contribution in [-0.4, -0.2) is 13.7 Å². The van der Waals surface area contributed by atoms with Gasteiger partial charge in [0.05, 0.1) is 0 Å². The number of fused-ring (bicyclic) bond motifs is 9. The molecular formula is C90H107N3. The van der Waals surface area contributed by atoms with E-state index in [-0.39, 0.29) is 44.6 Å². The summed E-state index contributed by atoms with van der Waals surface area (Å²) in [5.74, 6) is 1.84. The minimum atomic E-state index is 0. The third-order valence-electron chi connectivity index (χ3n) is 19.0. The molecule has 0 radical (unpaired) electrons. The Bertz CT molecular complexity index is 4660. The van der Waals surface area contributed by atoms with Crippen molar-refractivity contribution in [1.82, 2.24) is 13.7 Å². The van der Waals surface area contributed by atoms with E-state index in [9.17, 15) is 0 Å². The molecule has 3 nitrogen and oxygen atoms in total. The number of nitrogens with zero attached hydrogens (tertiary/aromatic N) is 3. The summed E-state index contributed by atoms with van der Waals surface area (Å²) in [6, 6.07) is 91.7. The van der Waals surface area contributed by atoms with Gasteiger partial charge in [0.15, 0.2) is 0 Å². The Morgan fingerprint density at radius 1 is 0.237 bits per heavy atom. The number of hydrogen-bond donors (Lipinski definition) is 0. The lowest BCUT2D eigenvalue weighted by Gasteiger charge is -2.11. The van der Waals surface area contributed by atoms with Crippen molar-refractivity contribution in [2.45, 2.75) is 164 Å². The SMILES string of the molecule is C.C.C.C.C.C.CCC(C)c1ccc(-c2ccc(-c3cccc4c3c3ccccc3n4CC)cc2)cc1.CCC(C)c1ccc(-c2cccc(-c3cccc4c3c3ccccc3n4CC)c2)cc1.CCC(C)c1ccc(-c2cccc3c2c2ccccc2n3CC)cc1. The second-order valence-electron chi connectivity index (χ2n) is 23.8. The first-order chi connectivity index (χ1) is 42.7. The van der Waals surface area contributed by atoms with E-state index in [1.54, 1.807) is 0 Å². The van der Waals surface area contributed by atoms with E-state index in [1.807, 2.05) is 0 Å². The Kier molecular flexibility index (Phi) is 25.4. The van der Waals surface area contributed by atoms with Crippen molar-refractivity contribution >= 4 is 65.4 Å². The van der Waals surface area contributed by atoms with E-state index < -0.39 is 0 Å². The van der Waals surface area contributed by atoms with Crippen LogP contribution in [0.5, 0.6) is 0 Å². The highest BCUT2D eigenvalue weighted by Crippen LogP contribution is 2.41. The Hall–Kier alpha value is -9.18. The zero-order chi connectivity index (χ0) is 60.1. The normalized spacial score (nSPS) is 11.8. The standard InChI is InChI=1S/2C30H29N.C24H25N.6CH4/c1-4-21(3)22-16-18-23(19-17-22)24-10-8-11-25(20-24)26-13-9-15-29-30(26)27-12-6-7-14-28(27)31(29)5-2;1-4-21(3)22-13-15-23(16-14-22)24-17-19-25(20-18-24)26-10-8-12-29-30(26)27-9-6-7-11-28(27)31(29)5-2;1-4-17(3)18-13-15-19(16-14-18)20-10-8-12-23-24(20)21-9-6-7-11-22(21)25(23)5-2;;;;;;/h2*6-21H,4-5H2,1-3H3;6-17H,4-5H2,1-3H3;6*1H4. The van der Waals surface area contributed by atoms with Gasteiger partial charge >= 0.3 is 0 Å². The van der Waals surface area contributed by atoms with Gasteiger partial charge in [0, 0.05) is 85.1 Å². The fourth-order valence-corrected chi connectivity index (χ4v) is 13.5. The van der Waals surface area contributed by atoms with Crippen LogP contribution in [0, 0.1) is 0 Å². The Balaban J connectivity index is 0.000000216. The number of rotatable bonds is 14. The number of aromatic nitrogens is 3. The summed E-state index contributed by atoms with van der Waals surface area (Å²) in [5.41, 5.74) is 25.0. The van der Waals surface area contributed by atoms with E-state index in [4.69, 9.17) is 0 Å². The number of hydrogen-bond acceptors (Lipinski definition) is 0. The molecule has 0 saturated heterocycles. The van der Waals surface area contributed by atoms with Crippen LogP contribution in [0.25, 0.3) is 121 Å². The number of para-hydroxylation sites is 3. The zero-order valence-electron chi connectivity index (χ0n) is 52.5. The van der Waals surface area contributed by atoms with Gasteiger partial charge in [-0.25, -0.2) is 0 Å². The molecule has 14 aromatic rings. The molecule has 3 atom stereocenters. The molecule has 0 aliphatic heterocycles. The van der Waals surface area contributed by atoms with Gasteiger partial charge in [-0.1, -0.05) is 292 Å². The summed E-state index contributed by atoms with van der Waals surface area (Å²) in [6.45, 7) is 23.2. The Morgan fingerprint density at radius 2 is 0.484 bits per heavy atom. The lowest BCUT2D eigenvalue weighted by Crippen LogP contribution is -1.93. The summed E-state index contributed by atoms with van der Waals surface area (Å²) < 4.78 is 7.26. The van der Waals surface area contributed by atoms with E-state index >= 15 is 0 Å². The van der Waals surface area contributed by atoms with Crippen LogP contribution in [0.1, 0.15) is 161 Å². The second-order valence-corrected chi connectivity index (χ2v) is 23.8. The van der Waals surface area contributed by atoms with Crippen LogP contribution in [0.2, 0.25) is 0 Å². The van der Waals surface area contributed by atoms with Crippen molar-refractivity contribution in [1.29, 1.82) is 0 Å². The van der Waals surface area contributed by atoms with Crippen molar-refractivity contribution in [2.75, 3.05) is 0 Å². The molecule has 0 bridgehead atoms. The largest absolute Gasteiger partial charge is 0.341 e. The first kappa shape index (κ1) is 72.9. The molecule has 0 saturated carbocycles. The monoisotopic (exact) mass is 1230 g/mol. The zero-order valence-corrected chi connectivity index (χ0v) is 52.5. The fraction of sp³-hybridized carbons (Fsp3) is 0.267. The van der Waals surface area contributed by atoms with Crippen molar-refractivity contribution in [3.8, 4) is 55.6 Å². The fourth-order valence-electron chi connectivity index (χ4n) is 13.5. The predicted octanol–water partition coefficient (Wildman–Crippen LogP) is 28.1. The highest BCUT2D eigenvalue weighted by molar-refractivity contribution is 6.17. The van der Waals surface area contributed by atoms with Crippen molar-refractivity contribution in [3.63, 3.8) is 0 Å². The molecule has 3 aromatic heterocycles. The minimum Gasteiger partial charge on any atom is -0.341 e. The molecule has 3 heteroatoms. The maximum atomic E-state index is 2.42. The maximum absolute atomic E-state index is 2.42. The lowest BCUT2D eigenvalue weighted by molar-refractivity contribution is 0.734. The van der Waals surface area contributed by atoms with Gasteiger partial charge < -0.3 is 13.7 Å². The van der Waals surface area contributed by atoms with Crippen LogP contribution in [0.15, 0.2) is 249 Å². The van der Waals surface area contributed by atoms with Gasteiger partial charge in [0.25, 0.3) is 0 Å². The third-order valence-corrected chi connectivity index (χ3v) is 19.0. The van der Waals surface area contributed by atoms with Gasteiger partial charge in [-0.2, -0.15) is 0 Å². The third kappa shape index (κ3) is 14.1. The molecule has 0 amide bonds. The molecule has 0 aliphatic carbocycles. The smallest absolute Gasteiger partial charge is 0.0497 e. The van der Waals surface area contributed by atoms with Crippen LogP contribution < -0.4 is 0 Å². The summed E-state index contributed by atoms with van der Waals surface area (Å²) in [4.78, 5) is 0. The van der Waals surface area contributed by atoms with Crippen molar-refractivity contribution in [2.24, 2.45) is 0 Å². The first-order valence-electron chi connectivity index (χ1n) is 32.2. The maximum Gasteiger partial charge on any atom is 0.0497 e. The summed E-state index contributed by atoms with van der Waals surface area (Å²) in [7, 11) is 0. The second kappa shape index (κ2) is 32.4. The Labute approximate surface area is 560 Å². The molecule has 482 valence electrons. The quantitative estimate of drug-likeness (QED) is 0.103. The average Bonchev–Trinajstić information content (AvgIpc) is 1.65. The molecular weight excluding hydrogens is 1120 g/mol. The predicted molar refractivity (Wildman–Crippen MR) is 419 cm³/mol. The molecule has 0 N–H and O–H groups in total. The van der Waals surface area contributed by atoms with Crippen LogP contribution in [0.4, 0.5) is 0 Å². The van der Waals surface area contributed by atoms with Gasteiger partial charge in [-0.15, -0.1) is 0 Å². The molecule has 0 fully saturated rings. The Morgan fingerprint density at radius 3 is 0.806 bits per heavy atom. The van der Waals surface area contributed by atoms with Gasteiger partial charge in [0.1, 0.15) is 0 Å². The molecule has 0 spiro atoms. The summed E-state index contributed by atoms with van der Waals surface area (Å²) in [5, 5.41) is 8.09. The lowest BCUT2D eigenvalue weighted by atomic mass is 9.93.